The number of anilines is 1. The molecule has 0 aliphatic heterocycles. The van der Waals surface area contributed by atoms with E-state index < -0.39 is 17.7 Å². The molecule has 0 amide bonds. The maximum Gasteiger partial charge on any atom is 0.416 e. The summed E-state index contributed by atoms with van der Waals surface area (Å²) in [6.45, 7) is 3.12. The molecule has 0 radical (unpaired) electrons. The van der Waals surface area contributed by atoms with Gasteiger partial charge >= 0.3 is 12.1 Å². The Labute approximate surface area is 103 Å². The summed E-state index contributed by atoms with van der Waals surface area (Å²) in [6.07, 6.45) is -4.40. The van der Waals surface area contributed by atoms with Crippen LogP contribution in [0.1, 0.15) is 18.1 Å². The number of carbonyl (C=O) groups excluding carboxylic acids is 1. The van der Waals surface area contributed by atoms with Gasteiger partial charge in [-0.25, -0.2) is 0 Å². The lowest BCUT2D eigenvalue weighted by Crippen LogP contribution is -2.17. The van der Waals surface area contributed by atoms with Crippen LogP contribution in [0.5, 0.6) is 0 Å². The molecule has 0 fully saturated rings. The molecule has 0 aliphatic carbocycles. The van der Waals surface area contributed by atoms with Gasteiger partial charge in [-0.1, -0.05) is 6.07 Å². The second-order valence-corrected chi connectivity index (χ2v) is 3.69. The predicted molar refractivity (Wildman–Crippen MR) is 61.3 cm³/mol. The summed E-state index contributed by atoms with van der Waals surface area (Å²) in [5, 5.41) is 2.59. The number of nitrogens with one attached hydrogen (secondary N) is 1. The standard InChI is InChI=1S/C12H14F3NO2/c1-3-18-11(17)7-16-9-5-4-8(2)10(6-9)12(13,14)15/h4-6,16H,3,7H2,1-2H3. The van der Waals surface area contributed by atoms with Gasteiger partial charge in [-0.3, -0.25) is 4.79 Å². The van der Waals surface area contributed by atoms with Crippen LogP contribution in [0.15, 0.2) is 18.2 Å². The number of carbonyl (C=O) groups is 1. The van der Waals surface area contributed by atoms with E-state index in [4.69, 9.17) is 0 Å². The summed E-state index contributed by atoms with van der Waals surface area (Å²) in [5.41, 5.74) is -0.332. The zero-order valence-corrected chi connectivity index (χ0v) is 10.1. The summed E-state index contributed by atoms with van der Waals surface area (Å²) >= 11 is 0. The molecule has 0 spiro atoms. The Morgan fingerprint density at radius 3 is 2.61 bits per heavy atom. The quantitative estimate of drug-likeness (QED) is 0.847. The predicted octanol–water partition coefficient (Wildman–Crippen LogP) is 2.99. The normalized spacial score (nSPS) is 11.2. The lowest BCUT2D eigenvalue weighted by atomic mass is 10.1. The smallest absolute Gasteiger partial charge is 0.416 e. The van der Waals surface area contributed by atoms with Crippen molar-refractivity contribution in [2.45, 2.75) is 20.0 Å². The van der Waals surface area contributed by atoms with E-state index in [-0.39, 0.29) is 24.4 Å². The van der Waals surface area contributed by atoms with Crippen molar-refractivity contribution in [2.75, 3.05) is 18.5 Å². The SMILES string of the molecule is CCOC(=O)CNc1ccc(C)c(C(F)(F)F)c1. The Bertz CT molecular complexity index is 430. The molecular weight excluding hydrogens is 247 g/mol. The number of ether oxygens (including phenoxy) is 1. The third kappa shape index (κ3) is 3.94. The Kier molecular flexibility index (Phi) is 4.58. The zero-order chi connectivity index (χ0) is 13.8. The van der Waals surface area contributed by atoms with Gasteiger partial charge in [-0.15, -0.1) is 0 Å². The molecule has 0 heterocycles. The van der Waals surface area contributed by atoms with Crippen molar-refractivity contribution >= 4 is 11.7 Å². The van der Waals surface area contributed by atoms with Crippen LogP contribution in [0, 0.1) is 6.92 Å². The summed E-state index contributed by atoms with van der Waals surface area (Å²) in [5.74, 6) is -0.508. The minimum absolute atomic E-state index is 0.143. The monoisotopic (exact) mass is 261 g/mol. The fourth-order valence-electron chi connectivity index (χ4n) is 1.42. The Morgan fingerprint density at radius 1 is 1.39 bits per heavy atom. The number of alkyl halides is 3. The maximum atomic E-state index is 12.6. The fraction of sp³-hybridized carbons (Fsp3) is 0.417. The summed E-state index contributed by atoms with van der Waals surface area (Å²) in [6, 6.07) is 3.83. The second kappa shape index (κ2) is 5.75. The number of aryl methyl sites for hydroxylation is 1. The van der Waals surface area contributed by atoms with Crippen molar-refractivity contribution < 1.29 is 22.7 Å². The van der Waals surface area contributed by atoms with E-state index in [0.29, 0.717) is 0 Å². The van der Waals surface area contributed by atoms with E-state index in [1.165, 1.54) is 19.1 Å². The molecule has 18 heavy (non-hydrogen) atoms. The Balaban J connectivity index is 2.77. The highest BCUT2D eigenvalue weighted by Crippen LogP contribution is 2.33. The van der Waals surface area contributed by atoms with E-state index in [9.17, 15) is 18.0 Å². The lowest BCUT2D eigenvalue weighted by Gasteiger charge is -2.13. The van der Waals surface area contributed by atoms with Gasteiger partial charge in [0.15, 0.2) is 0 Å². The molecule has 1 aromatic rings. The van der Waals surface area contributed by atoms with Crippen LogP contribution in [0.4, 0.5) is 18.9 Å². The molecule has 0 aliphatic rings. The maximum absolute atomic E-state index is 12.6. The highest BCUT2D eigenvalue weighted by atomic mass is 19.4. The van der Waals surface area contributed by atoms with Gasteiger partial charge < -0.3 is 10.1 Å². The molecular formula is C12H14F3NO2. The summed E-state index contributed by atoms with van der Waals surface area (Å²) in [4.78, 5) is 11.1. The average Bonchev–Trinajstić information content (AvgIpc) is 2.27. The van der Waals surface area contributed by atoms with Crippen LogP contribution < -0.4 is 5.32 Å². The van der Waals surface area contributed by atoms with Crippen LogP contribution in [0.3, 0.4) is 0 Å². The number of esters is 1. The summed E-state index contributed by atoms with van der Waals surface area (Å²) < 4.78 is 42.5. The topological polar surface area (TPSA) is 38.3 Å². The number of halogens is 3. The first-order valence-electron chi connectivity index (χ1n) is 5.42. The van der Waals surface area contributed by atoms with Crippen LogP contribution in [0.25, 0.3) is 0 Å². The van der Waals surface area contributed by atoms with E-state index in [1.807, 2.05) is 0 Å². The molecule has 1 N–H and O–H groups in total. The van der Waals surface area contributed by atoms with Crippen LogP contribution in [-0.2, 0) is 15.7 Å². The first kappa shape index (κ1) is 14.3. The van der Waals surface area contributed by atoms with Gasteiger partial charge in [0.1, 0.15) is 6.54 Å². The van der Waals surface area contributed by atoms with Crippen molar-refractivity contribution in [3.05, 3.63) is 29.3 Å². The number of benzene rings is 1. The van der Waals surface area contributed by atoms with Crippen LogP contribution in [-0.4, -0.2) is 19.1 Å². The van der Waals surface area contributed by atoms with Gasteiger partial charge in [0.05, 0.1) is 12.2 Å². The molecule has 100 valence electrons. The van der Waals surface area contributed by atoms with Crippen molar-refractivity contribution in [1.29, 1.82) is 0 Å². The van der Waals surface area contributed by atoms with Gasteiger partial charge in [0.2, 0.25) is 0 Å². The minimum Gasteiger partial charge on any atom is -0.465 e. The first-order valence-corrected chi connectivity index (χ1v) is 5.42. The van der Waals surface area contributed by atoms with Crippen LogP contribution in [0.2, 0.25) is 0 Å². The number of hydrogen-bond donors (Lipinski definition) is 1. The number of rotatable bonds is 4. The zero-order valence-electron chi connectivity index (χ0n) is 10.1. The van der Waals surface area contributed by atoms with E-state index in [0.717, 1.165) is 6.07 Å². The number of hydrogen-bond acceptors (Lipinski definition) is 3. The average molecular weight is 261 g/mol. The molecule has 1 aromatic carbocycles. The van der Waals surface area contributed by atoms with Gasteiger partial charge in [0, 0.05) is 5.69 Å². The molecule has 0 saturated heterocycles. The highest BCUT2D eigenvalue weighted by Gasteiger charge is 2.32. The van der Waals surface area contributed by atoms with Gasteiger partial charge in [0.25, 0.3) is 0 Å². The fourth-order valence-corrected chi connectivity index (χ4v) is 1.42. The molecule has 0 unspecified atom stereocenters. The molecule has 3 nitrogen and oxygen atoms in total. The van der Waals surface area contributed by atoms with Crippen molar-refractivity contribution in [3.63, 3.8) is 0 Å². The van der Waals surface area contributed by atoms with Crippen molar-refractivity contribution in [1.82, 2.24) is 0 Å². The molecule has 0 bridgehead atoms. The first-order chi connectivity index (χ1) is 8.34. The minimum atomic E-state index is -4.40. The lowest BCUT2D eigenvalue weighted by molar-refractivity contribution is -0.141. The van der Waals surface area contributed by atoms with Crippen molar-refractivity contribution in [2.24, 2.45) is 0 Å². The molecule has 0 atom stereocenters. The van der Waals surface area contributed by atoms with E-state index in [2.05, 4.69) is 10.1 Å². The third-order valence-corrected chi connectivity index (χ3v) is 2.29. The van der Waals surface area contributed by atoms with Gasteiger partial charge in [-0.2, -0.15) is 13.2 Å². The molecule has 1 rings (SSSR count). The Morgan fingerprint density at radius 2 is 2.06 bits per heavy atom. The van der Waals surface area contributed by atoms with Gasteiger partial charge in [-0.05, 0) is 31.5 Å². The van der Waals surface area contributed by atoms with E-state index >= 15 is 0 Å². The third-order valence-electron chi connectivity index (χ3n) is 2.29. The largest absolute Gasteiger partial charge is 0.465 e. The molecule has 0 aromatic heterocycles. The second-order valence-electron chi connectivity index (χ2n) is 3.69. The molecule has 6 heteroatoms. The Hall–Kier alpha value is -1.72. The molecule has 0 saturated carbocycles. The van der Waals surface area contributed by atoms with E-state index in [1.54, 1.807) is 6.92 Å². The van der Waals surface area contributed by atoms with Crippen molar-refractivity contribution in [3.8, 4) is 0 Å². The highest BCUT2D eigenvalue weighted by molar-refractivity contribution is 5.75. The van der Waals surface area contributed by atoms with Crippen LogP contribution >= 0.6 is 0 Å². The summed E-state index contributed by atoms with van der Waals surface area (Å²) in [7, 11) is 0.